The number of carbonyl (C=O) groups excluding carboxylic acids is 1. The van der Waals surface area contributed by atoms with Gasteiger partial charge in [-0.3, -0.25) is 9.59 Å². The van der Waals surface area contributed by atoms with E-state index < -0.39 is 5.56 Å². The summed E-state index contributed by atoms with van der Waals surface area (Å²) in [6.45, 7) is 6.57. The molecule has 0 saturated heterocycles. The molecule has 0 amide bonds. The summed E-state index contributed by atoms with van der Waals surface area (Å²) >= 11 is 0. The van der Waals surface area contributed by atoms with Crippen LogP contribution in [0.4, 0.5) is 0 Å². The Bertz CT molecular complexity index is 926. The number of hydrogen-bond donors (Lipinski definition) is 1. The Morgan fingerprint density at radius 2 is 1.69 bits per heavy atom. The number of pyridine rings is 1. The SMILES string of the molecule is CCCOc1ccc(OCCOC(=O)CCc2c(C)[nH]c(=O)c(C#N)c2C)cc1. The van der Waals surface area contributed by atoms with Gasteiger partial charge in [-0.15, -0.1) is 0 Å². The van der Waals surface area contributed by atoms with Gasteiger partial charge in [0.1, 0.15) is 36.3 Å². The minimum Gasteiger partial charge on any atom is -0.494 e. The fourth-order valence-corrected chi connectivity index (χ4v) is 2.89. The number of H-pyrrole nitrogens is 1. The van der Waals surface area contributed by atoms with E-state index >= 15 is 0 Å². The standard InChI is InChI=1S/C22H26N2O5/c1-4-11-27-17-5-7-18(8-6-17)28-12-13-29-21(25)10-9-19-15(2)20(14-23)22(26)24-16(19)3/h5-8H,4,9-13H2,1-3H3,(H,24,26). The number of aromatic nitrogens is 1. The topological polar surface area (TPSA) is 101 Å². The predicted octanol–water partition coefficient (Wildman–Crippen LogP) is 3.21. The number of nitrogens with one attached hydrogen (secondary N) is 1. The fourth-order valence-electron chi connectivity index (χ4n) is 2.89. The molecule has 7 heteroatoms. The Kier molecular flexibility index (Phi) is 8.28. The zero-order valence-corrected chi connectivity index (χ0v) is 17.0. The van der Waals surface area contributed by atoms with Crippen molar-refractivity contribution in [1.82, 2.24) is 4.98 Å². The molecule has 0 aliphatic heterocycles. The zero-order chi connectivity index (χ0) is 21.2. The van der Waals surface area contributed by atoms with E-state index in [4.69, 9.17) is 19.5 Å². The summed E-state index contributed by atoms with van der Waals surface area (Å²) in [7, 11) is 0. The molecular weight excluding hydrogens is 372 g/mol. The Morgan fingerprint density at radius 3 is 2.28 bits per heavy atom. The van der Waals surface area contributed by atoms with Gasteiger partial charge in [0, 0.05) is 12.1 Å². The van der Waals surface area contributed by atoms with Gasteiger partial charge in [-0.05, 0) is 62.1 Å². The van der Waals surface area contributed by atoms with Gasteiger partial charge >= 0.3 is 5.97 Å². The van der Waals surface area contributed by atoms with E-state index in [1.54, 1.807) is 26.0 Å². The molecule has 0 atom stereocenters. The third-order valence-corrected chi connectivity index (χ3v) is 4.41. The van der Waals surface area contributed by atoms with Crippen LogP contribution in [0.1, 0.15) is 42.1 Å². The number of ether oxygens (including phenoxy) is 3. The van der Waals surface area contributed by atoms with E-state index in [9.17, 15) is 9.59 Å². The van der Waals surface area contributed by atoms with Crippen LogP contribution < -0.4 is 15.0 Å². The van der Waals surface area contributed by atoms with Crippen LogP contribution in [0.15, 0.2) is 29.1 Å². The molecule has 1 aromatic heterocycles. The first-order valence-electron chi connectivity index (χ1n) is 9.60. The van der Waals surface area contributed by atoms with Gasteiger partial charge in [0.05, 0.1) is 6.61 Å². The number of esters is 1. The second kappa shape index (κ2) is 10.9. The Balaban J connectivity index is 1.76. The third-order valence-electron chi connectivity index (χ3n) is 4.41. The number of hydrogen-bond acceptors (Lipinski definition) is 6. The second-order valence-electron chi connectivity index (χ2n) is 6.56. The third kappa shape index (κ3) is 6.39. The van der Waals surface area contributed by atoms with Crippen LogP contribution in [0, 0.1) is 25.2 Å². The number of aryl methyl sites for hydroxylation is 1. The fraction of sp³-hybridized carbons (Fsp3) is 0.409. The Hall–Kier alpha value is -3.27. The molecule has 2 rings (SSSR count). The second-order valence-corrected chi connectivity index (χ2v) is 6.56. The number of carbonyl (C=O) groups is 1. The molecule has 1 N–H and O–H groups in total. The number of nitriles is 1. The quantitative estimate of drug-likeness (QED) is 0.487. The van der Waals surface area contributed by atoms with Gasteiger partial charge < -0.3 is 19.2 Å². The van der Waals surface area contributed by atoms with Crippen molar-refractivity contribution in [2.75, 3.05) is 19.8 Å². The molecule has 154 valence electrons. The van der Waals surface area contributed by atoms with E-state index in [0.717, 1.165) is 17.7 Å². The van der Waals surface area contributed by atoms with Gasteiger partial charge in [0.25, 0.3) is 5.56 Å². The molecule has 7 nitrogen and oxygen atoms in total. The lowest BCUT2D eigenvalue weighted by Gasteiger charge is -2.11. The maximum absolute atomic E-state index is 12.0. The maximum atomic E-state index is 12.0. The van der Waals surface area contributed by atoms with Gasteiger partial charge in [-0.25, -0.2) is 0 Å². The summed E-state index contributed by atoms with van der Waals surface area (Å²) in [5, 5.41) is 9.10. The lowest BCUT2D eigenvalue weighted by atomic mass is 9.99. The molecule has 2 aromatic rings. The largest absolute Gasteiger partial charge is 0.494 e. The lowest BCUT2D eigenvalue weighted by Crippen LogP contribution is -2.18. The van der Waals surface area contributed by atoms with Gasteiger partial charge in [0.2, 0.25) is 0 Å². The van der Waals surface area contributed by atoms with Crippen LogP contribution in [0.3, 0.4) is 0 Å². The molecule has 0 saturated carbocycles. The average molecular weight is 398 g/mol. The first-order valence-corrected chi connectivity index (χ1v) is 9.60. The van der Waals surface area contributed by atoms with Crippen LogP contribution in [0.25, 0.3) is 0 Å². The average Bonchev–Trinajstić information content (AvgIpc) is 2.70. The van der Waals surface area contributed by atoms with Crippen molar-refractivity contribution >= 4 is 5.97 Å². The summed E-state index contributed by atoms with van der Waals surface area (Å²) < 4.78 is 16.3. The molecular formula is C22H26N2O5. The van der Waals surface area contributed by atoms with Crippen molar-refractivity contribution in [3.05, 3.63) is 57.0 Å². The van der Waals surface area contributed by atoms with Crippen molar-refractivity contribution in [2.45, 2.75) is 40.0 Å². The first kappa shape index (κ1) is 22.0. The van der Waals surface area contributed by atoms with E-state index in [0.29, 0.717) is 30.0 Å². The molecule has 29 heavy (non-hydrogen) atoms. The minimum atomic E-state index is -0.407. The molecule has 0 radical (unpaired) electrons. The predicted molar refractivity (Wildman–Crippen MR) is 108 cm³/mol. The van der Waals surface area contributed by atoms with Crippen LogP contribution in [0.5, 0.6) is 11.5 Å². The van der Waals surface area contributed by atoms with Crippen LogP contribution >= 0.6 is 0 Å². The highest BCUT2D eigenvalue weighted by Crippen LogP contribution is 2.18. The Morgan fingerprint density at radius 1 is 1.07 bits per heavy atom. The highest BCUT2D eigenvalue weighted by Gasteiger charge is 2.13. The minimum absolute atomic E-state index is 0.0819. The highest BCUT2D eigenvalue weighted by atomic mass is 16.6. The lowest BCUT2D eigenvalue weighted by molar-refractivity contribution is -0.144. The monoisotopic (exact) mass is 398 g/mol. The molecule has 1 aromatic carbocycles. The molecule has 0 aliphatic carbocycles. The number of benzene rings is 1. The zero-order valence-electron chi connectivity index (χ0n) is 17.0. The van der Waals surface area contributed by atoms with E-state index in [2.05, 4.69) is 4.98 Å². The van der Waals surface area contributed by atoms with Gasteiger partial charge in [-0.2, -0.15) is 5.26 Å². The van der Waals surface area contributed by atoms with Crippen LogP contribution in [-0.2, 0) is 16.0 Å². The summed E-state index contributed by atoms with van der Waals surface area (Å²) in [6, 6.07) is 9.19. The van der Waals surface area contributed by atoms with Crippen LogP contribution in [-0.4, -0.2) is 30.8 Å². The summed E-state index contributed by atoms with van der Waals surface area (Å²) in [6.07, 6.45) is 1.49. The van der Waals surface area contributed by atoms with Crippen LogP contribution in [0.2, 0.25) is 0 Å². The first-order chi connectivity index (χ1) is 14.0. The molecule has 0 unspecified atom stereocenters. The van der Waals surface area contributed by atoms with Gasteiger partial charge in [0.15, 0.2) is 0 Å². The van der Waals surface area contributed by atoms with Crippen molar-refractivity contribution in [3.63, 3.8) is 0 Å². The van der Waals surface area contributed by atoms with Crippen molar-refractivity contribution in [1.29, 1.82) is 5.26 Å². The summed E-state index contributed by atoms with van der Waals surface area (Å²) in [5.74, 6) is 1.10. The molecule has 0 bridgehead atoms. The maximum Gasteiger partial charge on any atom is 0.306 e. The number of nitrogens with zero attached hydrogens (tertiary/aromatic N) is 1. The molecule has 0 aliphatic rings. The van der Waals surface area contributed by atoms with Crippen molar-refractivity contribution < 1.29 is 19.0 Å². The highest BCUT2D eigenvalue weighted by molar-refractivity contribution is 5.69. The summed E-state index contributed by atoms with van der Waals surface area (Å²) in [5.41, 5.74) is 1.74. The van der Waals surface area contributed by atoms with Crippen molar-refractivity contribution in [3.8, 4) is 17.6 Å². The molecule has 1 heterocycles. The molecule has 0 fully saturated rings. The normalized spacial score (nSPS) is 10.3. The van der Waals surface area contributed by atoms with Gasteiger partial charge in [-0.1, -0.05) is 6.92 Å². The van der Waals surface area contributed by atoms with E-state index in [1.807, 2.05) is 25.1 Å². The van der Waals surface area contributed by atoms with E-state index in [1.165, 1.54) is 0 Å². The smallest absolute Gasteiger partial charge is 0.306 e. The Labute approximate surface area is 170 Å². The summed E-state index contributed by atoms with van der Waals surface area (Å²) in [4.78, 5) is 26.4. The van der Waals surface area contributed by atoms with E-state index in [-0.39, 0.29) is 31.2 Å². The van der Waals surface area contributed by atoms with Crippen molar-refractivity contribution in [2.24, 2.45) is 0 Å². The number of rotatable bonds is 10. The number of aromatic amines is 1. The molecule has 0 spiro atoms.